The lowest BCUT2D eigenvalue weighted by Gasteiger charge is -2.18. The summed E-state index contributed by atoms with van der Waals surface area (Å²) in [6.07, 6.45) is 1.60. The maximum Gasteiger partial charge on any atom is 0.134 e. The standard InChI is InChI=1S/C13H24N4/c1-6-14-12-11(5)13(17-8-16-12)15-7-10(4)9(2)3/h8-10H,6-7H2,1-5H3,(H2,14,15,16,17). The molecule has 96 valence electrons. The zero-order chi connectivity index (χ0) is 12.8. The molecule has 0 spiro atoms. The van der Waals surface area contributed by atoms with Crippen molar-refractivity contribution in [3.8, 4) is 0 Å². The first-order chi connectivity index (χ1) is 8.06. The van der Waals surface area contributed by atoms with Gasteiger partial charge < -0.3 is 10.6 Å². The van der Waals surface area contributed by atoms with Crippen molar-refractivity contribution in [2.45, 2.75) is 34.6 Å². The minimum absolute atomic E-state index is 0.631. The number of anilines is 2. The predicted molar refractivity (Wildman–Crippen MR) is 73.4 cm³/mol. The SMILES string of the molecule is CCNc1ncnc(NCC(C)C(C)C)c1C. The topological polar surface area (TPSA) is 49.8 Å². The van der Waals surface area contributed by atoms with Crippen LogP contribution in [-0.4, -0.2) is 23.1 Å². The lowest BCUT2D eigenvalue weighted by Crippen LogP contribution is -2.18. The van der Waals surface area contributed by atoms with E-state index in [2.05, 4.69) is 48.3 Å². The van der Waals surface area contributed by atoms with Crippen LogP contribution in [0.25, 0.3) is 0 Å². The molecule has 1 aromatic heterocycles. The number of rotatable bonds is 6. The lowest BCUT2D eigenvalue weighted by molar-refractivity contribution is 0.439. The van der Waals surface area contributed by atoms with Crippen molar-refractivity contribution in [3.63, 3.8) is 0 Å². The number of nitrogens with zero attached hydrogens (tertiary/aromatic N) is 2. The predicted octanol–water partition coefficient (Wildman–Crippen LogP) is 2.92. The number of aromatic nitrogens is 2. The van der Waals surface area contributed by atoms with E-state index in [9.17, 15) is 0 Å². The Morgan fingerprint density at radius 3 is 2.24 bits per heavy atom. The van der Waals surface area contributed by atoms with E-state index in [1.807, 2.05) is 6.92 Å². The quantitative estimate of drug-likeness (QED) is 0.797. The molecule has 4 heteroatoms. The number of hydrogen-bond acceptors (Lipinski definition) is 4. The molecule has 0 aliphatic rings. The summed E-state index contributed by atoms with van der Waals surface area (Å²) in [7, 11) is 0. The second kappa shape index (κ2) is 6.42. The van der Waals surface area contributed by atoms with Gasteiger partial charge in [0, 0.05) is 18.7 Å². The second-order valence-corrected chi connectivity index (χ2v) is 4.83. The highest BCUT2D eigenvalue weighted by molar-refractivity contribution is 5.56. The molecule has 0 fully saturated rings. The molecule has 1 unspecified atom stereocenters. The highest BCUT2D eigenvalue weighted by Gasteiger charge is 2.09. The van der Waals surface area contributed by atoms with E-state index < -0.39 is 0 Å². The van der Waals surface area contributed by atoms with Crippen LogP contribution in [0, 0.1) is 18.8 Å². The summed E-state index contributed by atoms with van der Waals surface area (Å²) in [5, 5.41) is 6.64. The fourth-order valence-electron chi connectivity index (χ4n) is 1.47. The average Bonchev–Trinajstić information content (AvgIpc) is 2.30. The summed E-state index contributed by atoms with van der Waals surface area (Å²) in [5.74, 6) is 3.16. The molecule has 4 nitrogen and oxygen atoms in total. The van der Waals surface area contributed by atoms with Gasteiger partial charge in [-0.25, -0.2) is 9.97 Å². The maximum absolute atomic E-state index is 4.29. The Balaban J connectivity index is 2.68. The first-order valence-corrected chi connectivity index (χ1v) is 6.35. The fraction of sp³-hybridized carbons (Fsp3) is 0.692. The van der Waals surface area contributed by atoms with Gasteiger partial charge in [-0.15, -0.1) is 0 Å². The van der Waals surface area contributed by atoms with Gasteiger partial charge in [-0.1, -0.05) is 20.8 Å². The summed E-state index contributed by atoms with van der Waals surface area (Å²) in [6.45, 7) is 12.7. The van der Waals surface area contributed by atoms with Crippen molar-refractivity contribution in [2.75, 3.05) is 23.7 Å². The van der Waals surface area contributed by atoms with Gasteiger partial charge in [-0.3, -0.25) is 0 Å². The van der Waals surface area contributed by atoms with Crippen LogP contribution in [0.3, 0.4) is 0 Å². The summed E-state index contributed by atoms with van der Waals surface area (Å²) in [5.41, 5.74) is 1.09. The largest absolute Gasteiger partial charge is 0.370 e. The molecule has 0 saturated heterocycles. The minimum atomic E-state index is 0.631. The first kappa shape index (κ1) is 13.7. The Kier molecular flexibility index (Phi) is 5.19. The van der Waals surface area contributed by atoms with E-state index in [0.29, 0.717) is 11.8 Å². The second-order valence-electron chi connectivity index (χ2n) is 4.83. The molecule has 0 aliphatic heterocycles. The number of nitrogens with one attached hydrogen (secondary N) is 2. The Bertz CT molecular complexity index is 349. The van der Waals surface area contributed by atoms with Gasteiger partial charge in [0.2, 0.25) is 0 Å². The molecule has 1 aromatic rings. The van der Waals surface area contributed by atoms with Crippen LogP contribution in [0.1, 0.15) is 33.3 Å². The van der Waals surface area contributed by atoms with Crippen LogP contribution < -0.4 is 10.6 Å². The monoisotopic (exact) mass is 236 g/mol. The first-order valence-electron chi connectivity index (χ1n) is 6.35. The van der Waals surface area contributed by atoms with Gasteiger partial charge in [0.1, 0.15) is 18.0 Å². The van der Waals surface area contributed by atoms with Gasteiger partial charge in [0.05, 0.1) is 0 Å². The highest BCUT2D eigenvalue weighted by atomic mass is 15.1. The van der Waals surface area contributed by atoms with Crippen molar-refractivity contribution in [1.29, 1.82) is 0 Å². The van der Waals surface area contributed by atoms with Crippen LogP contribution in [0.4, 0.5) is 11.6 Å². The van der Waals surface area contributed by atoms with Crippen molar-refractivity contribution in [3.05, 3.63) is 11.9 Å². The van der Waals surface area contributed by atoms with Gasteiger partial charge >= 0.3 is 0 Å². The average molecular weight is 236 g/mol. The Hall–Kier alpha value is -1.32. The van der Waals surface area contributed by atoms with Crippen molar-refractivity contribution < 1.29 is 0 Å². The van der Waals surface area contributed by atoms with Crippen LogP contribution in [0.15, 0.2) is 6.33 Å². The van der Waals surface area contributed by atoms with Gasteiger partial charge in [-0.05, 0) is 25.7 Å². The molecule has 0 bridgehead atoms. The van der Waals surface area contributed by atoms with Crippen molar-refractivity contribution >= 4 is 11.6 Å². The third kappa shape index (κ3) is 3.88. The van der Waals surface area contributed by atoms with Gasteiger partial charge in [0.15, 0.2) is 0 Å². The van der Waals surface area contributed by atoms with E-state index in [-0.39, 0.29) is 0 Å². The van der Waals surface area contributed by atoms with E-state index in [0.717, 1.165) is 30.3 Å². The summed E-state index contributed by atoms with van der Waals surface area (Å²) in [4.78, 5) is 8.52. The molecule has 0 saturated carbocycles. The van der Waals surface area contributed by atoms with Crippen LogP contribution in [-0.2, 0) is 0 Å². The smallest absolute Gasteiger partial charge is 0.134 e. The molecule has 1 heterocycles. The highest BCUT2D eigenvalue weighted by Crippen LogP contribution is 2.19. The zero-order valence-corrected chi connectivity index (χ0v) is 11.5. The van der Waals surface area contributed by atoms with Crippen molar-refractivity contribution in [1.82, 2.24) is 9.97 Å². The third-order valence-electron chi connectivity index (χ3n) is 3.16. The summed E-state index contributed by atoms with van der Waals surface area (Å²) >= 11 is 0. The summed E-state index contributed by atoms with van der Waals surface area (Å²) < 4.78 is 0. The Morgan fingerprint density at radius 1 is 1.12 bits per heavy atom. The fourth-order valence-corrected chi connectivity index (χ4v) is 1.47. The molecule has 0 radical (unpaired) electrons. The summed E-state index contributed by atoms with van der Waals surface area (Å²) in [6, 6.07) is 0. The molecular formula is C13H24N4. The van der Waals surface area contributed by atoms with E-state index in [1.165, 1.54) is 0 Å². The maximum atomic E-state index is 4.29. The van der Waals surface area contributed by atoms with E-state index in [4.69, 9.17) is 0 Å². The molecule has 17 heavy (non-hydrogen) atoms. The number of hydrogen-bond donors (Lipinski definition) is 2. The molecular weight excluding hydrogens is 212 g/mol. The zero-order valence-electron chi connectivity index (χ0n) is 11.5. The lowest BCUT2D eigenvalue weighted by atomic mass is 9.98. The molecule has 2 N–H and O–H groups in total. The van der Waals surface area contributed by atoms with Crippen LogP contribution >= 0.6 is 0 Å². The molecule has 0 aliphatic carbocycles. The van der Waals surface area contributed by atoms with Crippen LogP contribution in [0.2, 0.25) is 0 Å². The van der Waals surface area contributed by atoms with Gasteiger partial charge in [0.25, 0.3) is 0 Å². The molecule has 0 amide bonds. The van der Waals surface area contributed by atoms with Crippen molar-refractivity contribution in [2.24, 2.45) is 11.8 Å². The molecule has 1 atom stereocenters. The Labute approximate surface area is 104 Å². The normalized spacial score (nSPS) is 12.6. The third-order valence-corrected chi connectivity index (χ3v) is 3.16. The van der Waals surface area contributed by atoms with Gasteiger partial charge in [-0.2, -0.15) is 0 Å². The molecule has 0 aromatic carbocycles. The van der Waals surface area contributed by atoms with E-state index >= 15 is 0 Å². The minimum Gasteiger partial charge on any atom is -0.370 e. The van der Waals surface area contributed by atoms with Crippen LogP contribution in [0.5, 0.6) is 0 Å². The Morgan fingerprint density at radius 2 is 1.71 bits per heavy atom. The molecule has 1 rings (SSSR count). The van der Waals surface area contributed by atoms with E-state index in [1.54, 1.807) is 6.33 Å².